The van der Waals surface area contributed by atoms with Crippen molar-refractivity contribution < 1.29 is 4.79 Å². The summed E-state index contributed by atoms with van der Waals surface area (Å²) >= 11 is 1.69. The van der Waals surface area contributed by atoms with E-state index < -0.39 is 0 Å². The Morgan fingerprint density at radius 2 is 1.85 bits per heavy atom. The minimum atomic E-state index is 0. The van der Waals surface area contributed by atoms with Crippen LogP contribution in [-0.4, -0.2) is 48.9 Å². The van der Waals surface area contributed by atoms with Crippen molar-refractivity contribution in [2.45, 2.75) is 26.8 Å². The van der Waals surface area contributed by atoms with Crippen LogP contribution in [0, 0.1) is 6.92 Å². The van der Waals surface area contributed by atoms with Gasteiger partial charge in [-0.1, -0.05) is 42.5 Å². The predicted octanol–water partition coefficient (Wildman–Crippen LogP) is 4.74. The molecule has 0 saturated heterocycles. The second kappa shape index (κ2) is 13.3. The van der Waals surface area contributed by atoms with Crippen molar-refractivity contribution in [3.8, 4) is 10.6 Å². The van der Waals surface area contributed by atoms with Crippen LogP contribution >= 0.6 is 35.3 Å². The van der Waals surface area contributed by atoms with E-state index in [1.807, 2.05) is 49.4 Å². The van der Waals surface area contributed by atoms with Gasteiger partial charge in [-0.15, -0.1) is 35.3 Å². The van der Waals surface area contributed by atoms with E-state index in [0.29, 0.717) is 12.1 Å². The Morgan fingerprint density at radius 1 is 1.09 bits per heavy atom. The average Bonchev–Trinajstić information content (AvgIpc) is 3.18. The Hall–Kier alpha value is -2.46. The highest BCUT2D eigenvalue weighted by molar-refractivity contribution is 14.0. The van der Waals surface area contributed by atoms with Crippen molar-refractivity contribution in [3.63, 3.8) is 0 Å². The number of aromatic nitrogens is 1. The molecule has 1 amide bonds. The van der Waals surface area contributed by atoms with E-state index in [9.17, 15) is 4.79 Å². The molecule has 1 aromatic heterocycles. The fourth-order valence-electron chi connectivity index (χ4n) is 3.21. The van der Waals surface area contributed by atoms with Crippen LogP contribution < -0.4 is 10.6 Å². The normalized spacial score (nSPS) is 11.0. The van der Waals surface area contributed by atoms with E-state index in [4.69, 9.17) is 9.98 Å². The molecular formula is C25H32IN5OS. The van der Waals surface area contributed by atoms with Gasteiger partial charge in [-0.3, -0.25) is 4.79 Å². The molecule has 176 valence electrons. The first-order valence-corrected chi connectivity index (χ1v) is 11.6. The van der Waals surface area contributed by atoms with Gasteiger partial charge in [-0.25, -0.2) is 9.98 Å². The summed E-state index contributed by atoms with van der Waals surface area (Å²) in [6.45, 7) is 6.19. The highest BCUT2D eigenvalue weighted by atomic mass is 127. The second-order valence-corrected chi connectivity index (χ2v) is 8.75. The van der Waals surface area contributed by atoms with Crippen LogP contribution in [0.4, 0.5) is 0 Å². The lowest BCUT2D eigenvalue weighted by molar-refractivity contribution is 0.0827. The van der Waals surface area contributed by atoms with Gasteiger partial charge in [0.2, 0.25) is 0 Å². The van der Waals surface area contributed by atoms with E-state index >= 15 is 0 Å². The Morgan fingerprint density at radius 3 is 2.55 bits per heavy atom. The predicted molar refractivity (Wildman–Crippen MR) is 149 cm³/mol. The van der Waals surface area contributed by atoms with Gasteiger partial charge >= 0.3 is 0 Å². The molecule has 0 saturated carbocycles. The van der Waals surface area contributed by atoms with Crippen LogP contribution in [0.5, 0.6) is 0 Å². The van der Waals surface area contributed by atoms with E-state index in [0.717, 1.165) is 52.2 Å². The Kier molecular flexibility index (Phi) is 10.8. The number of thiazole rings is 1. The number of aryl methyl sites for hydroxylation is 1. The number of nitrogens with zero attached hydrogens (tertiary/aromatic N) is 3. The molecule has 3 rings (SSSR count). The second-order valence-electron chi connectivity index (χ2n) is 7.67. The molecule has 2 N–H and O–H groups in total. The molecule has 0 spiro atoms. The maximum absolute atomic E-state index is 12.2. The van der Waals surface area contributed by atoms with Gasteiger partial charge in [0.25, 0.3) is 5.91 Å². The van der Waals surface area contributed by atoms with E-state index in [1.54, 1.807) is 30.3 Å². The fourth-order valence-corrected chi connectivity index (χ4v) is 4.21. The van der Waals surface area contributed by atoms with Crippen LogP contribution in [0.25, 0.3) is 10.6 Å². The molecule has 8 heteroatoms. The van der Waals surface area contributed by atoms with Crippen molar-refractivity contribution in [1.82, 2.24) is 20.5 Å². The number of carbonyl (C=O) groups excluding carboxylic acids is 1. The minimum Gasteiger partial charge on any atom is -0.357 e. The lowest BCUT2D eigenvalue weighted by Crippen LogP contribution is -2.38. The SMILES string of the molecule is CCNC(=NCc1sc(-c2ccccc2)nc1C)NCCc1cccc(C(=O)N(C)C)c1.I. The monoisotopic (exact) mass is 577 g/mol. The third kappa shape index (κ3) is 7.82. The molecule has 0 bridgehead atoms. The standard InChI is InChI=1S/C25H31N5OS.HI/c1-5-26-25(27-15-14-19-10-9-13-21(16-19)24(31)30(3)4)28-17-22-18(2)29-23(32-22)20-11-7-6-8-12-20;/h6-13,16H,5,14-15,17H2,1-4H3,(H2,26,27,28);1H. The number of aliphatic imine (C=N–C) groups is 1. The Bertz CT molecular complexity index is 1070. The largest absolute Gasteiger partial charge is 0.357 e. The number of amides is 1. The maximum Gasteiger partial charge on any atom is 0.253 e. The molecular weight excluding hydrogens is 545 g/mol. The number of benzene rings is 2. The number of halogens is 1. The van der Waals surface area contributed by atoms with Crippen molar-refractivity contribution in [2.75, 3.05) is 27.2 Å². The van der Waals surface area contributed by atoms with Crippen molar-refractivity contribution in [2.24, 2.45) is 4.99 Å². The third-order valence-corrected chi connectivity index (χ3v) is 6.12. The molecule has 6 nitrogen and oxygen atoms in total. The zero-order valence-corrected chi connectivity index (χ0v) is 22.7. The van der Waals surface area contributed by atoms with Gasteiger partial charge in [0.05, 0.1) is 12.2 Å². The molecule has 3 aromatic rings. The minimum absolute atomic E-state index is 0. The number of guanidine groups is 1. The van der Waals surface area contributed by atoms with Crippen LogP contribution in [0.2, 0.25) is 0 Å². The lowest BCUT2D eigenvalue weighted by Gasteiger charge is -2.13. The summed E-state index contributed by atoms with van der Waals surface area (Å²) in [5, 5.41) is 7.73. The molecule has 2 aromatic carbocycles. The van der Waals surface area contributed by atoms with Crippen LogP contribution in [0.15, 0.2) is 59.6 Å². The Balaban J connectivity index is 0.00000385. The smallest absolute Gasteiger partial charge is 0.253 e. The fraction of sp³-hybridized carbons (Fsp3) is 0.320. The van der Waals surface area contributed by atoms with Gasteiger partial charge in [-0.05, 0) is 38.0 Å². The zero-order chi connectivity index (χ0) is 22.9. The summed E-state index contributed by atoms with van der Waals surface area (Å²) in [6, 6.07) is 18.0. The van der Waals surface area contributed by atoms with Gasteiger partial charge in [0.15, 0.2) is 5.96 Å². The molecule has 0 aliphatic rings. The van der Waals surface area contributed by atoms with Crippen LogP contribution in [0.1, 0.15) is 33.4 Å². The number of carbonyl (C=O) groups is 1. The molecule has 0 aliphatic carbocycles. The molecule has 0 unspecified atom stereocenters. The highest BCUT2D eigenvalue weighted by Gasteiger charge is 2.10. The first-order valence-electron chi connectivity index (χ1n) is 10.8. The molecule has 33 heavy (non-hydrogen) atoms. The first-order chi connectivity index (χ1) is 15.5. The molecule has 0 atom stereocenters. The summed E-state index contributed by atoms with van der Waals surface area (Å²) in [4.78, 5) is 24.4. The van der Waals surface area contributed by atoms with Gasteiger partial charge in [0, 0.05) is 43.2 Å². The highest BCUT2D eigenvalue weighted by Crippen LogP contribution is 2.28. The number of nitrogens with one attached hydrogen (secondary N) is 2. The summed E-state index contributed by atoms with van der Waals surface area (Å²) in [7, 11) is 3.53. The quantitative estimate of drug-likeness (QED) is 0.231. The summed E-state index contributed by atoms with van der Waals surface area (Å²) < 4.78 is 0. The van der Waals surface area contributed by atoms with Crippen molar-refractivity contribution in [3.05, 3.63) is 76.3 Å². The number of hydrogen-bond acceptors (Lipinski definition) is 4. The average molecular weight is 578 g/mol. The van der Waals surface area contributed by atoms with Gasteiger partial charge in [-0.2, -0.15) is 0 Å². The third-order valence-electron chi connectivity index (χ3n) is 4.92. The van der Waals surface area contributed by atoms with Crippen molar-refractivity contribution >= 4 is 47.2 Å². The van der Waals surface area contributed by atoms with E-state index in [-0.39, 0.29) is 29.9 Å². The molecule has 1 heterocycles. The Labute approximate surface area is 217 Å². The van der Waals surface area contributed by atoms with E-state index in [1.165, 1.54) is 0 Å². The van der Waals surface area contributed by atoms with Crippen molar-refractivity contribution in [1.29, 1.82) is 0 Å². The maximum atomic E-state index is 12.2. The zero-order valence-electron chi connectivity index (χ0n) is 19.6. The van der Waals surface area contributed by atoms with Crippen LogP contribution in [-0.2, 0) is 13.0 Å². The van der Waals surface area contributed by atoms with Crippen LogP contribution in [0.3, 0.4) is 0 Å². The van der Waals surface area contributed by atoms with Gasteiger partial charge in [0.1, 0.15) is 5.01 Å². The number of hydrogen-bond donors (Lipinski definition) is 2. The molecule has 0 aliphatic heterocycles. The summed E-state index contributed by atoms with van der Waals surface area (Å²) in [5.41, 5.74) is 3.99. The summed E-state index contributed by atoms with van der Waals surface area (Å²) in [6.07, 6.45) is 0.802. The van der Waals surface area contributed by atoms with E-state index in [2.05, 4.69) is 29.7 Å². The summed E-state index contributed by atoms with van der Waals surface area (Å²) in [5.74, 6) is 0.798. The molecule has 0 fully saturated rings. The number of rotatable bonds is 8. The van der Waals surface area contributed by atoms with Gasteiger partial charge < -0.3 is 15.5 Å². The lowest BCUT2D eigenvalue weighted by atomic mass is 10.1. The topological polar surface area (TPSA) is 69.6 Å². The first kappa shape index (κ1) is 26.8. The molecule has 0 radical (unpaired) electrons.